The molecule has 0 aromatic carbocycles. The SMILES string of the molecule is COCC(=O)N1CC2CCC(C1)N2. The molecule has 0 aromatic heterocycles. The van der Waals surface area contributed by atoms with E-state index in [4.69, 9.17) is 4.74 Å². The maximum absolute atomic E-state index is 11.5. The number of rotatable bonds is 2. The van der Waals surface area contributed by atoms with Crippen molar-refractivity contribution in [1.29, 1.82) is 0 Å². The van der Waals surface area contributed by atoms with Crippen molar-refractivity contribution in [3.63, 3.8) is 0 Å². The highest BCUT2D eigenvalue weighted by Gasteiger charge is 2.33. The average molecular weight is 184 g/mol. The molecule has 1 amide bonds. The van der Waals surface area contributed by atoms with Crippen LogP contribution in [0.2, 0.25) is 0 Å². The van der Waals surface area contributed by atoms with Crippen molar-refractivity contribution in [3.05, 3.63) is 0 Å². The maximum Gasteiger partial charge on any atom is 0.248 e. The van der Waals surface area contributed by atoms with Crippen LogP contribution in [0.1, 0.15) is 12.8 Å². The van der Waals surface area contributed by atoms with Gasteiger partial charge in [0.15, 0.2) is 0 Å². The summed E-state index contributed by atoms with van der Waals surface area (Å²) in [6.07, 6.45) is 2.42. The molecule has 2 aliphatic rings. The highest BCUT2D eigenvalue weighted by atomic mass is 16.5. The minimum Gasteiger partial charge on any atom is -0.375 e. The first kappa shape index (κ1) is 8.97. The van der Waals surface area contributed by atoms with Crippen LogP contribution in [0.25, 0.3) is 0 Å². The fraction of sp³-hybridized carbons (Fsp3) is 0.889. The molecule has 2 bridgehead atoms. The van der Waals surface area contributed by atoms with E-state index >= 15 is 0 Å². The molecular formula is C9H16N2O2. The third-order valence-corrected chi connectivity index (χ3v) is 2.84. The van der Waals surface area contributed by atoms with Crippen LogP contribution >= 0.6 is 0 Å². The first-order valence-corrected chi connectivity index (χ1v) is 4.82. The van der Waals surface area contributed by atoms with Gasteiger partial charge in [-0.3, -0.25) is 4.79 Å². The lowest BCUT2D eigenvalue weighted by molar-refractivity contribution is -0.136. The minimum absolute atomic E-state index is 0.126. The average Bonchev–Trinajstić information content (AvgIpc) is 2.46. The molecule has 2 saturated heterocycles. The molecule has 4 nitrogen and oxygen atoms in total. The molecular weight excluding hydrogens is 168 g/mol. The zero-order valence-corrected chi connectivity index (χ0v) is 7.95. The molecule has 0 spiro atoms. The van der Waals surface area contributed by atoms with E-state index in [-0.39, 0.29) is 12.5 Å². The number of likely N-dealkylation sites (tertiary alicyclic amines) is 1. The highest BCUT2D eigenvalue weighted by molar-refractivity contribution is 5.77. The Kier molecular flexibility index (Phi) is 2.51. The van der Waals surface area contributed by atoms with Gasteiger partial charge in [0.05, 0.1) is 0 Å². The van der Waals surface area contributed by atoms with E-state index in [0.29, 0.717) is 12.1 Å². The van der Waals surface area contributed by atoms with E-state index in [1.54, 1.807) is 7.11 Å². The third kappa shape index (κ3) is 1.84. The van der Waals surface area contributed by atoms with Crippen LogP contribution in [0.4, 0.5) is 0 Å². The Labute approximate surface area is 78.2 Å². The number of hydrogen-bond acceptors (Lipinski definition) is 3. The number of fused-ring (bicyclic) bond motifs is 2. The normalized spacial score (nSPS) is 32.2. The number of ether oxygens (including phenoxy) is 1. The number of hydrogen-bond donors (Lipinski definition) is 1. The summed E-state index contributed by atoms with van der Waals surface area (Å²) < 4.78 is 4.84. The van der Waals surface area contributed by atoms with Gasteiger partial charge in [-0.25, -0.2) is 0 Å². The van der Waals surface area contributed by atoms with Crippen LogP contribution in [0.15, 0.2) is 0 Å². The van der Waals surface area contributed by atoms with E-state index in [1.165, 1.54) is 12.8 Å². The van der Waals surface area contributed by atoms with Gasteiger partial charge >= 0.3 is 0 Å². The van der Waals surface area contributed by atoms with Gasteiger partial charge in [-0.05, 0) is 12.8 Å². The van der Waals surface area contributed by atoms with Gasteiger partial charge < -0.3 is 15.0 Å². The number of nitrogens with one attached hydrogen (secondary N) is 1. The molecule has 0 radical (unpaired) electrons. The number of carbonyl (C=O) groups is 1. The summed E-state index contributed by atoms with van der Waals surface area (Å²) in [6.45, 7) is 1.94. The predicted molar refractivity (Wildman–Crippen MR) is 48.4 cm³/mol. The second-order valence-electron chi connectivity index (χ2n) is 3.87. The number of nitrogens with zero attached hydrogens (tertiary/aromatic N) is 1. The topological polar surface area (TPSA) is 41.6 Å². The van der Waals surface area contributed by atoms with Crippen LogP contribution in [-0.4, -0.2) is 49.7 Å². The van der Waals surface area contributed by atoms with Crippen LogP contribution in [0.5, 0.6) is 0 Å². The highest BCUT2D eigenvalue weighted by Crippen LogP contribution is 2.19. The first-order chi connectivity index (χ1) is 6.29. The molecule has 2 heterocycles. The Morgan fingerprint density at radius 2 is 2.08 bits per heavy atom. The number of piperazine rings is 1. The molecule has 2 rings (SSSR count). The zero-order valence-electron chi connectivity index (χ0n) is 7.95. The van der Waals surface area contributed by atoms with Crippen molar-refractivity contribution < 1.29 is 9.53 Å². The molecule has 74 valence electrons. The van der Waals surface area contributed by atoms with Crippen molar-refractivity contribution >= 4 is 5.91 Å². The van der Waals surface area contributed by atoms with Crippen molar-refractivity contribution in [1.82, 2.24) is 10.2 Å². The summed E-state index contributed by atoms with van der Waals surface area (Å²) >= 11 is 0. The quantitative estimate of drug-likeness (QED) is 0.634. The summed E-state index contributed by atoms with van der Waals surface area (Å²) in [5.41, 5.74) is 0. The van der Waals surface area contributed by atoms with Crippen molar-refractivity contribution in [2.75, 3.05) is 26.8 Å². The minimum atomic E-state index is 0.126. The van der Waals surface area contributed by atoms with Gasteiger partial charge in [0.1, 0.15) is 6.61 Å². The number of methoxy groups -OCH3 is 1. The molecule has 1 N–H and O–H groups in total. The Balaban J connectivity index is 1.91. The molecule has 0 saturated carbocycles. The van der Waals surface area contributed by atoms with E-state index in [2.05, 4.69) is 5.32 Å². The van der Waals surface area contributed by atoms with Gasteiger partial charge in [0.2, 0.25) is 5.91 Å². The lowest BCUT2D eigenvalue weighted by Crippen LogP contribution is -2.53. The fourth-order valence-electron chi connectivity index (χ4n) is 2.22. The Hall–Kier alpha value is -0.610. The van der Waals surface area contributed by atoms with Crippen LogP contribution in [0, 0.1) is 0 Å². The molecule has 2 aliphatic heterocycles. The predicted octanol–water partition coefficient (Wildman–Crippen LogP) is -0.404. The smallest absolute Gasteiger partial charge is 0.248 e. The van der Waals surface area contributed by atoms with Gasteiger partial charge in [0, 0.05) is 32.3 Å². The molecule has 13 heavy (non-hydrogen) atoms. The van der Waals surface area contributed by atoms with Gasteiger partial charge in [0.25, 0.3) is 0 Å². The first-order valence-electron chi connectivity index (χ1n) is 4.82. The van der Waals surface area contributed by atoms with Gasteiger partial charge in [-0.1, -0.05) is 0 Å². The Bertz CT molecular complexity index is 196. The summed E-state index contributed by atoms with van der Waals surface area (Å²) in [7, 11) is 1.56. The maximum atomic E-state index is 11.5. The van der Waals surface area contributed by atoms with Crippen LogP contribution in [0.3, 0.4) is 0 Å². The molecule has 2 unspecified atom stereocenters. The number of amides is 1. The van der Waals surface area contributed by atoms with Crippen LogP contribution < -0.4 is 5.32 Å². The van der Waals surface area contributed by atoms with E-state index < -0.39 is 0 Å². The largest absolute Gasteiger partial charge is 0.375 e. The van der Waals surface area contributed by atoms with Crippen molar-refractivity contribution in [2.24, 2.45) is 0 Å². The summed E-state index contributed by atoms with van der Waals surface area (Å²) in [4.78, 5) is 13.4. The Morgan fingerprint density at radius 1 is 1.46 bits per heavy atom. The lowest BCUT2D eigenvalue weighted by Gasteiger charge is -2.32. The zero-order chi connectivity index (χ0) is 9.26. The molecule has 2 atom stereocenters. The van der Waals surface area contributed by atoms with Crippen molar-refractivity contribution in [2.45, 2.75) is 24.9 Å². The second-order valence-corrected chi connectivity index (χ2v) is 3.87. The number of carbonyl (C=O) groups excluding carboxylic acids is 1. The summed E-state index contributed by atoms with van der Waals surface area (Å²) in [6, 6.07) is 1.05. The molecule has 4 heteroatoms. The van der Waals surface area contributed by atoms with E-state index in [9.17, 15) is 4.79 Å². The monoisotopic (exact) mass is 184 g/mol. The summed E-state index contributed by atoms with van der Waals surface area (Å²) in [5, 5.41) is 3.48. The van der Waals surface area contributed by atoms with Crippen molar-refractivity contribution in [3.8, 4) is 0 Å². The summed E-state index contributed by atoms with van der Waals surface area (Å²) in [5.74, 6) is 0.126. The standard InChI is InChI=1S/C9H16N2O2/c1-13-6-9(12)11-4-7-2-3-8(5-11)10-7/h7-8,10H,2-6H2,1H3. The van der Waals surface area contributed by atoms with E-state index in [0.717, 1.165) is 13.1 Å². The third-order valence-electron chi connectivity index (χ3n) is 2.84. The van der Waals surface area contributed by atoms with Gasteiger partial charge in [-0.2, -0.15) is 0 Å². The molecule has 2 fully saturated rings. The van der Waals surface area contributed by atoms with Crippen LogP contribution in [-0.2, 0) is 9.53 Å². The lowest BCUT2D eigenvalue weighted by atomic mass is 10.2. The molecule has 0 aliphatic carbocycles. The second kappa shape index (κ2) is 3.64. The fourth-order valence-corrected chi connectivity index (χ4v) is 2.22. The van der Waals surface area contributed by atoms with Gasteiger partial charge in [-0.15, -0.1) is 0 Å². The molecule has 0 aromatic rings. The Morgan fingerprint density at radius 3 is 2.62 bits per heavy atom. The van der Waals surface area contributed by atoms with E-state index in [1.807, 2.05) is 4.90 Å².